The number of thioether (sulfide) groups is 1. The van der Waals surface area contributed by atoms with Gasteiger partial charge in [0.2, 0.25) is 5.91 Å². The number of anilines is 1. The van der Waals surface area contributed by atoms with Gasteiger partial charge in [-0.05, 0) is 46.7 Å². The smallest absolute Gasteiger partial charge is 0.238 e. The van der Waals surface area contributed by atoms with E-state index in [0.29, 0.717) is 5.82 Å². The number of carbonyl (C=O) groups is 1. The Kier molecular flexibility index (Phi) is 4.23. The number of pyridine rings is 1. The van der Waals surface area contributed by atoms with Crippen LogP contribution < -0.4 is 5.32 Å². The van der Waals surface area contributed by atoms with E-state index in [9.17, 15) is 4.79 Å². The standard InChI is InChI=1S/C11H13BrN2OS/c12-9-5-3-6-10(13-9)14-11(15)8-4-1-2-7-16-8/h3,5-6,8H,1-2,4,7H2,(H,13,14,15). The highest BCUT2D eigenvalue weighted by Crippen LogP contribution is 2.26. The summed E-state index contributed by atoms with van der Waals surface area (Å²) in [5.41, 5.74) is 0. The van der Waals surface area contributed by atoms with Crippen molar-refractivity contribution in [3.05, 3.63) is 22.8 Å². The first kappa shape index (κ1) is 11.9. The number of halogens is 1. The molecule has 1 fully saturated rings. The molecule has 1 aromatic heterocycles. The maximum absolute atomic E-state index is 11.9. The largest absolute Gasteiger partial charge is 0.310 e. The van der Waals surface area contributed by atoms with Crippen molar-refractivity contribution in [2.75, 3.05) is 11.1 Å². The molecule has 86 valence electrons. The predicted octanol–water partition coefficient (Wildman–Crippen LogP) is 3.07. The monoisotopic (exact) mass is 300 g/mol. The summed E-state index contributed by atoms with van der Waals surface area (Å²) in [6.45, 7) is 0. The Morgan fingerprint density at radius 1 is 1.50 bits per heavy atom. The molecule has 0 bridgehead atoms. The van der Waals surface area contributed by atoms with E-state index in [2.05, 4.69) is 26.2 Å². The van der Waals surface area contributed by atoms with Crippen LogP contribution in [0.15, 0.2) is 22.8 Å². The van der Waals surface area contributed by atoms with E-state index in [0.717, 1.165) is 23.2 Å². The van der Waals surface area contributed by atoms with E-state index in [1.807, 2.05) is 12.1 Å². The number of aromatic nitrogens is 1. The summed E-state index contributed by atoms with van der Waals surface area (Å²) in [7, 11) is 0. The van der Waals surface area contributed by atoms with E-state index >= 15 is 0 Å². The molecular formula is C11H13BrN2OS. The Bertz CT molecular complexity index is 380. The molecule has 1 aromatic rings. The van der Waals surface area contributed by atoms with Crippen molar-refractivity contribution < 1.29 is 4.79 Å². The highest BCUT2D eigenvalue weighted by Gasteiger charge is 2.21. The second kappa shape index (κ2) is 5.68. The summed E-state index contributed by atoms with van der Waals surface area (Å²) in [6, 6.07) is 5.50. The molecule has 1 unspecified atom stereocenters. The highest BCUT2D eigenvalue weighted by atomic mass is 79.9. The lowest BCUT2D eigenvalue weighted by molar-refractivity contribution is -0.115. The van der Waals surface area contributed by atoms with Gasteiger partial charge in [0.05, 0.1) is 5.25 Å². The van der Waals surface area contributed by atoms with Crippen LogP contribution in [0.2, 0.25) is 0 Å². The Labute approximate surface area is 108 Å². The number of rotatable bonds is 2. The van der Waals surface area contributed by atoms with Crippen molar-refractivity contribution in [1.82, 2.24) is 4.98 Å². The minimum Gasteiger partial charge on any atom is -0.310 e. The average molecular weight is 301 g/mol. The van der Waals surface area contributed by atoms with Gasteiger partial charge < -0.3 is 5.32 Å². The van der Waals surface area contributed by atoms with Gasteiger partial charge >= 0.3 is 0 Å². The van der Waals surface area contributed by atoms with Crippen LogP contribution in [-0.4, -0.2) is 21.9 Å². The molecule has 16 heavy (non-hydrogen) atoms. The number of hydrogen-bond acceptors (Lipinski definition) is 3. The van der Waals surface area contributed by atoms with Crippen LogP contribution in [0.1, 0.15) is 19.3 Å². The zero-order valence-electron chi connectivity index (χ0n) is 8.78. The first-order chi connectivity index (χ1) is 7.75. The van der Waals surface area contributed by atoms with Gasteiger partial charge in [-0.2, -0.15) is 0 Å². The number of hydrogen-bond donors (Lipinski definition) is 1. The molecule has 1 aliphatic heterocycles. The summed E-state index contributed by atoms with van der Waals surface area (Å²) in [5.74, 6) is 1.78. The molecule has 5 heteroatoms. The molecule has 0 aliphatic carbocycles. The van der Waals surface area contributed by atoms with Crippen LogP contribution in [0.25, 0.3) is 0 Å². The quantitative estimate of drug-likeness (QED) is 0.854. The Balaban J connectivity index is 1.96. The van der Waals surface area contributed by atoms with Crippen LogP contribution in [0, 0.1) is 0 Å². The SMILES string of the molecule is O=C(Nc1cccc(Br)n1)C1CCCCS1. The molecule has 0 saturated carbocycles. The van der Waals surface area contributed by atoms with Crippen molar-refractivity contribution in [1.29, 1.82) is 0 Å². The Morgan fingerprint density at radius 3 is 3.06 bits per heavy atom. The molecule has 3 nitrogen and oxygen atoms in total. The summed E-state index contributed by atoms with van der Waals surface area (Å²) in [5, 5.41) is 2.94. The lowest BCUT2D eigenvalue weighted by Gasteiger charge is -2.20. The number of carbonyl (C=O) groups excluding carboxylic acids is 1. The van der Waals surface area contributed by atoms with Crippen molar-refractivity contribution in [2.24, 2.45) is 0 Å². The molecule has 0 aromatic carbocycles. The van der Waals surface area contributed by atoms with E-state index in [1.165, 1.54) is 6.42 Å². The summed E-state index contributed by atoms with van der Waals surface area (Å²) >= 11 is 5.02. The fourth-order valence-corrected chi connectivity index (χ4v) is 3.17. The van der Waals surface area contributed by atoms with E-state index in [1.54, 1.807) is 17.8 Å². The normalized spacial score (nSPS) is 20.4. The molecule has 2 rings (SSSR count). The molecular weight excluding hydrogens is 288 g/mol. The minimum absolute atomic E-state index is 0.0790. The molecule has 1 saturated heterocycles. The van der Waals surface area contributed by atoms with E-state index in [4.69, 9.17) is 0 Å². The molecule has 2 heterocycles. The van der Waals surface area contributed by atoms with Crippen molar-refractivity contribution in [3.8, 4) is 0 Å². The zero-order chi connectivity index (χ0) is 11.4. The zero-order valence-corrected chi connectivity index (χ0v) is 11.2. The predicted molar refractivity (Wildman–Crippen MR) is 70.7 cm³/mol. The van der Waals surface area contributed by atoms with Gasteiger partial charge in [0, 0.05) is 0 Å². The van der Waals surface area contributed by atoms with E-state index < -0.39 is 0 Å². The van der Waals surface area contributed by atoms with Gasteiger partial charge in [-0.15, -0.1) is 11.8 Å². The summed E-state index contributed by atoms with van der Waals surface area (Å²) in [6.07, 6.45) is 3.35. The number of amides is 1. The third-order valence-corrected chi connectivity index (χ3v) is 4.26. The fourth-order valence-electron chi connectivity index (χ4n) is 1.63. The van der Waals surface area contributed by atoms with Crippen LogP contribution in [-0.2, 0) is 4.79 Å². The van der Waals surface area contributed by atoms with Crippen LogP contribution >= 0.6 is 27.7 Å². The third kappa shape index (κ3) is 3.22. The second-order valence-electron chi connectivity index (χ2n) is 3.69. The van der Waals surface area contributed by atoms with Gasteiger partial charge in [0.1, 0.15) is 10.4 Å². The Hall–Kier alpha value is -0.550. The second-order valence-corrected chi connectivity index (χ2v) is 5.81. The maximum atomic E-state index is 11.9. The average Bonchev–Trinajstić information content (AvgIpc) is 2.30. The van der Waals surface area contributed by atoms with Crippen LogP contribution in [0.5, 0.6) is 0 Å². The van der Waals surface area contributed by atoms with Gasteiger partial charge in [-0.25, -0.2) is 4.98 Å². The van der Waals surface area contributed by atoms with Gasteiger partial charge in [-0.3, -0.25) is 4.79 Å². The lowest BCUT2D eigenvalue weighted by Crippen LogP contribution is -2.27. The highest BCUT2D eigenvalue weighted by molar-refractivity contribution is 9.10. The minimum atomic E-state index is 0.0790. The molecule has 1 amide bonds. The molecule has 1 aliphatic rings. The lowest BCUT2D eigenvalue weighted by atomic mass is 10.2. The first-order valence-corrected chi connectivity index (χ1v) is 7.15. The maximum Gasteiger partial charge on any atom is 0.238 e. The third-order valence-electron chi connectivity index (χ3n) is 2.44. The Morgan fingerprint density at radius 2 is 2.38 bits per heavy atom. The number of nitrogens with zero attached hydrogens (tertiary/aromatic N) is 1. The molecule has 1 atom stereocenters. The van der Waals surface area contributed by atoms with Crippen LogP contribution in [0.3, 0.4) is 0 Å². The topological polar surface area (TPSA) is 42.0 Å². The van der Waals surface area contributed by atoms with Crippen molar-refractivity contribution in [2.45, 2.75) is 24.5 Å². The molecule has 0 spiro atoms. The van der Waals surface area contributed by atoms with Crippen molar-refractivity contribution in [3.63, 3.8) is 0 Å². The van der Waals surface area contributed by atoms with Gasteiger partial charge in [-0.1, -0.05) is 12.5 Å². The molecule has 1 N–H and O–H groups in total. The summed E-state index contributed by atoms with van der Waals surface area (Å²) < 4.78 is 0.738. The van der Waals surface area contributed by atoms with Crippen molar-refractivity contribution >= 4 is 39.4 Å². The fraction of sp³-hybridized carbons (Fsp3) is 0.455. The summed E-state index contributed by atoms with van der Waals surface area (Å²) in [4.78, 5) is 16.1. The van der Waals surface area contributed by atoms with Crippen LogP contribution in [0.4, 0.5) is 5.82 Å². The molecule has 0 radical (unpaired) electrons. The van der Waals surface area contributed by atoms with Gasteiger partial charge in [0.15, 0.2) is 0 Å². The van der Waals surface area contributed by atoms with Gasteiger partial charge in [0.25, 0.3) is 0 Å². The number of nitrogens with one attached hydrogen (secondary N) is 1. The first-order valence-electron chi connectivity index (χ1n) is 5.31. The van der Waals surface area contributed by atoms with E-state index in [-0.39, 0.29) is 11.2 Å².